The summed E-state index contributed by atoms with van der Waals surface area (Å²) < 4.78 is 12.4. The molecule has 7 nitrogen and oxygen atoms in total. The second kappa shape index (κ2) is 8.00. The van der Waals surface area contributed by atoms with Crippen LogP contribution in [-0.4, -0.2) is 34.0 Å². The van der Waals surface area contributed by atoms with Crippen molar-refractivity contribution in [3.05, 3.63) is 70.3 Å². The predicted octanol–water partition coefficient (Wildman–Crippen LogP) is 4.54. The average molecular weight is 419 g/mol. The number of hydrogen-bond acceptors (Lipinski definition) is 5. The van der Waals surface area contributed by atoms with Gasteiger partial charge in [0.1, 0.15) is 13.2 Å². The molecule has 1 N–H and O–H groups in total. The minimum absolute atomic E-state index is 0.300. The van der Waals surface area contributed by atoms with E-state index in [0.29, 0.717) is 41.4 Å². The van der Waals surface area contributed by atoms with Crippen LogP contribution in [0.15, 0.2) is 54.7 Å². The molecule has 1 aliphatic rings. The van der Waals surface area contributed by atoms with E-state index in [1.165, 1.54) is 5.01 Å². The minimum atomic E-state index is -0.426. The minimum Gasteiger partial charge on any atom is -0.472 e. The van der Waals surface area contributed by atoms with Crippen LogP contribution in [0.2, 0.25) is 10.0 Å². The number of cyclic esters (lactones) is 1. The number of hydrogen-bond donors (Lipinski definition) is 1. The first-order valence-electron chi connectivity index (χ1n) is 8.52. The van der Waals surface area contributed by atoms with Gasteiger partial charge in [-0.2, -0.15) is 0 Å². The summed E-state index contributed by atoms with van der Waals surface area (Å²) in [6, 6.07) is 14.6. The molecule has 0 saturated carbocycles. The van der Waals surface area contributed by atoms with Crippen molar-refractivity contribution in [2.75, 3.05) is 18.6 Å². The van der Waals surface area contributed by atoms with Gasteiger partial charge < -0.3 is 9.47 Å². The van der Waals surface area contributed by atoms with Gasteiger partial charge in [0.2, 0.25) is 5.88 Å². The van der Waals surface area contributed by atoms with Gasteiger partial charge in [0.15, 0.2) is 0 Å². The number of carbonyl (C=O) groups excluding carboxylic acids is 1. The van der Waals surface area contributed by atoms with E-state index in [1.54, 1.807) is 28.9 Å². The number of aromatic nitrogens is 2. The molecule has 0 spiro atoms. The molecule has 3 aromatic rings. The van der Waals surface area contributed by atoms with Gasteiger partial charge in [-0.3, -0.25) is 5.43 Å². The van der Waals surface area contributed by atoms with Crippen LogP contribution in [0.1, 0.15) is 5.56 Å². The lowest BCUT2D eigenvalue weighted by atomic mass is 10.2. The van der Waals surface area contributed by atoms with Crippen molar-refractivity contribution in [1.82, 2.24) is 14.8 Å². The molecule has 4 rings (SSSR count). The summed E-state index contributed by atoms with van der Waals surface area (Å²) in [6.07, 6.45) is 1.39. The van der Waals surface area contributed by atoms with Gasteiger partial charge in [0, 0.05) is 17.3 Å². The van der Waals surface area contributed by atoms with Gasteiger partial charge in [0.25, 0.3) is 0 Å². The Labute approximate surface area is 171 Å². The van der Waals surface area contributed by atoms with Crippen LogP contribution < -0.4 is 10.2 Å². The van der Waals surface area contributed by atoms with Crippen LogP contribution in [0, 0.1) is 0 Å². The van der Waals surface area contributed by atoms with E-state index in [1.807, 2.05) is 30.5 Å². The zero-order chi connectivity index (χ0) is 19.5. The summed E-state index contributed by atoms with van der Waals surface area (Å²) in [6.45, 7) is 1.11. The van der Waals surface area contributed by atoms with Crippen LogP contribution in [0.5, 0.6) is 5.88 Å². The van der Waals surface area contributed by atoms with Crippen LogP contribution in [-0.2, 0) is 11.3 Å². The van der Waals surface area contributed by atoms with E-state index >= 15 is 0 Å². The third kappa shape index (κ3) is 4.16. The molecule has 9 heteroatoms. The fourth-order valence-corrected chi connectivity index (χ4v) is 2.95. The van der Waals surface area contributed by atoms with E-state index in [-0.39, 0.29) is 0 Å². The molecular weight excluding hydrogens is 403 g/mol. The molecule has 1 amide bonds. The Morgan fingerprint density at radius 3 is 2.71 bits per heavy atom. The molecule has 28 heavy (non-hydrogen) atoms. The smallest absolute Gasteiger partial charge is 0.428 e. The number of nitrogens with one attached hydrogen (secondary N) is 1. The van der Waals surface area contributed by atoms with Crippen LogP contribution in [0.3, 0.4) is 0 Å². The molecule has 1 aliphatic heterocycles. The van der Waals surface area contributed by atoms with E-state index in [9.17, 15) is 4.79 Å². The molecule has 2 heterocycles. The fraction of sp³-hybridized carbons (Fsp3) is 0.158. The van der Waals surface area contributed by atoms with Gasteiger partial charge in [-0.15, -0.1) is 5.10 Å². The number of rotatable bonds is 6. The van der Waals surface area contributed by atoms with Crippen molar-refractivity contribution in [3.8, 4) is 11.6 Å². The average Bonchev–Trinajstić information content (AvgIpc) is 3.32. The maximum absolute atomic E-state index is 11.6. The van der Waals surface area contributed by atoms with Gasteiger partial charge in [-0.05, 0) is 42.0 Å². The number of ether oxygens (including phenoxy) is 2. The van der Waals surface area contributed by atoms with Crippen LogP contribution in [0.4, 0.5) is 10.5 Å². The van der Waals surface area contributed by atoms with Crippen molar-refractivity contribution in [3.63, 3.8) is 0 Å². The Kier molecular flexibility index (Phi) is 5.27. The Morgan fingerprint density at radius 2 is 1.96 bits per heavy atom. The van der Waals surface area contributed by atoms with Crippen LogP contribution >= 0.6 is 23.2 Å². The van der Waals surface area contributed by atoms with Crippen LogP contribution in [0.25, 0.3) is 5.69 Å². The van der Waals surface area contributed by atoms with Gasteiger partial charge >= 0.3 is 6.09 Å². The number of nitrogens with zero attached hydrogens (tertiary/aromatic N) is 3. The summed E-state index contributed by atoms with van der Waals surface area (Å²) >= 11 is 12.1. The molecule has 0 unspecified atom stereocenters. The molecule has 0 aliphatic carbocycles. The summed E-state index contributed by atoms with van der Waals surface area (Å²) in [5, 5.41) is 6.94. The van der Waals surface area contributed by atoms with Crippen molar-refractivity contribution in [1.29, 1.82) is 0 Å². The number of halogens is 2. The highest BCUT2D eigenvalue weighted by Gasteiger charge is 2.22. The van der Waals surface area contributed by atoms with E-state index in [4.69, 9.17) is 32.7 Å². The van der Waals surface area contributed by atoms with Gasteiger partial charge in [-0.1, -0.05) is 29.3 Å². The van der Waals surface area contributed by atoms with Crippen molar-refractivity contribution < 1.29 is 14.3 Å². The number of hydrazine groups is 1. The zero-order valence-corrected chi connectivity index (χ0v) is 16.2. The molecule has 1 aromatic heterocycles. The molecule has 0 bridgehead atoms. The Bertz CT molecular complexity index is 991. The van der Waals surface area contributed by atoms with E-state index in [0.717, 1.165) is 11.3 Å². The first-order chi connectivity index (χ1) is 13.6. The Balaban J connectivity index is 1.41. The summed E-state index contributed by atoms with van der Waals surface area (Å²) in [5.41, 5.74) is 5.33. The molecule has 1 fully saturated rings. The normalized spacial score (nSPS) is 13.5. The zero-order valence-electron chi connectivity index (χ0n) is 14.6. The number of amides is 1. The SMILES string of the molecule is O=C1OCCN1Nc1cc(COc2ccn(-c3ccc(Cl)cc3)n2)ccc1Cl. The monoisotopic (exact) mass is 418 g/mol. The standard InChI is InChI=1S/C19H16Cl2N4O3/c20-14-2-4-15(5-3-14)24-8-7-18(23-24)28-12-13-1-6-16(21)17(11-13)22-25-9-10-27-19(25)26/h1-8,11,22H,9-10,12H2. The molecular formula is C19H16Cl2N4O3. The first-order valence-corrected chi connectivity index (χ1v) is 9.28. The lowest BCUT2D eigenvalue weighted by Gasteiger charge is -2.17. The largest absolute Gasteiger partial charge is 0.472 e. The summed E-state index contributed by atoms with van der Waals surface area (Å²) in [7, 11) is 0. The Hall–Kier alpha value is -2.90. The van der Waals surface area contributed by atoms with E-state index < -0.39 is 6.09 Å². The molecule has 1 saturated heterocycles. The first kappa shape index (κ1) is 18.5. The molecule has 2 aromatic carbocycles. The second-order valence-electron chi connectivity index (χ2n) is 6.06. The maximum atomic E-state index is 11.6. The third-order valence-corrected chi connectivity index (χ3v) is 4.67. The van der Waals surface area contributed by atoms with Crippen molar-refractivity contribution in [2.45, 2.75) is 6.61 Å². The molecule has 0 atom stereocenters. The lowest BCUT2D eigenvalue weighted by molar-refractivity contribution is 0.163. The quantitative estimate of drug-likeness (QED) is 0.636. The highest BCUT2D eigenvalue weighted by Crippen LogP contribution is 2.25. The fourth-order valence-electron chi connectivity index (χ4n) is 2.67. The van der Waals surface area contributed by atoms with Gasteiger partial charge in [-0.25, -0.2) is 14.5 Å². The number of benzene rings is 2. The summed E-state index contributed by atoms with van der Waals surface area (Å²) in [5.74, 6) is 0.488. The lowest BCUT2D eigenvalue weighted by Crippen LogP contribution is -2.30. The highest BCUT2D eigenvalue weighted by atomic mass is 35.5. The highest BCUT2D eigenvalue weighted by molar-refractivity contribution is 6.33. The second-order valence-corrected chi connectivity index (χ2v) is 6.90. The van der Waals surface area contributed by atoms with Crippen molar-refractivity contribution in [2.24, 2.45) is 0 Å². The summed E-state index contributed by atoms with van der Waals surface area (Å²) in [4.78, 5) is 11.6. The number of carbonyl (C=O) groups is 1. The number of anilines is 1. The Morgan fingerprint density at radius 1 is 1.14 bits per heavy atom. The van der Waals surface area contributed by atoms with E-state index in [2.05, 4.69) is 10.5 Å². The van der Waals surface area contributed by atoms with Crippen molar-refractivity contribution >= 4 is 35.0 Å². The third-order valence-electron chi connectivity index (χ3n) is 4.09. The maximum Gasteiger partial charge on any atom is 0.428 e. The predicted molar refractivity (Wildman–Crippen MR) is 106 cm³/mol. The van der Waals surface area contributed by atoms with Gasteiger partial charge in [0.05, 0.1) is 22.9 Å². The topological polar surface area (TPSA) is 68.6 Å². The molecule has 144 valence electrons. The molecule has 0 radical (unpaired) electrons.